The molecule has 0 bridgehead atoms. The second-order valence-electron chi connectivity index (χ2n) is 5.34. The van der Waals surface area contributed by atoms with Gasteiger partial charge in [0, 0.05) is 17.6 Å². The lowest BCUT2D eigenvalue weighted by Gasteiger charge is -2.12. The normalized spacial score (nSPS) is 22.1. The predicted molar refractivity (Wildman–Crippen MR) is 77.6 cm³/mol. The average Bonchev–Trinajstić information content (AvgIpc) is 2.83. The Balaban J connectivity index is 1.87. The van der Waals surface area contributed by atoms with Crippen LogP contribution in [0.5, 0.6) is 0 Å². The van der Waals surface area contributed by atoms with Gasteiger partial charge in [0.25, 0.3) is 11.5 Å². The van der Waals surface area contributed by atoms with Gasteiger partial charge >= 0.3 is 0 Å². The van der Waals surface area contributed by atoms with Crippen molar-refractivity contribution < 1.29 is 4.79 Å². The van der Waals surface area contributed by atoms with Crippen molar-refractivity contribution in [2.24, 2.45) is 5.73 Å². The maximum absolute atomic E-state index is 12.2. The maximum atomic E-state index is 12.2. The van der Waals surface area contributed by atoms with E-state index in [1.54, 1.807) is 6.07 Å². The highest BCUT2D eigenvalue weighted by molar-refractivity contribution is 5.97. The summed E-state index contributed by atoms with van der Waals surface area (Å²) < 4.78 is 0. The van der Waals surface area contributed by atoms with E-state index in [2.05, 4.69) is 10.3 Å². The number of hydrogen-bond acceptors (Lipinski definition) is 3. The van der Waals surface area contributed by atoms with Crippen molar-refractivity contribution in [2.45, 2.75) is 31.3 Å². The highest BCUT2D eigenvalue weighted by Crippen LogP contribution is 2.17. The van der Waals surface area contributed by atoms with Crippen LogP contribution in [0, 0.1) is 0 Å². The number of hydrogen-bond donors (Lipinski definition) is 3. The van der Waals surface area contributed by atoms with Crippen molar-refractivity contribution >= 4 is 16.8 Å². The summed E-state index contributed by atoms with van der Waals surface area (Å²) in [4.78, 5) is 26.9. The van der Waals surface area contributed by atoms with Crippen LogP contribution in [0.1, 0.15) is 29.6 Å². The van der Waals surface area contributed by atoms with Gasteiger partial charge in [0.1, 0.15) is 5.56 Å². The van der Waals surface area contributed by atoms with E-state index in [0.29, 0.717) is 0 Å². The van der Waals surface area contributed by atoms with Crippen molar-refractivity contribution in [3.8, 4) is 0 Å². The molecule has 0 radical (unpaired) electrons. The minimum absolute atomic E-state index is 0.0726. The van der Waals surface area contributed by atoms with E-state index < -0.39 is 0 Å². The van der Waals surface area contributed by atoms with Gasteiger partial charge in [-0.1, -0.05) is 18.2 Å². The summed E-state index contributed by atoms with van der Waals surface area (Å²) in [5.74, 6) is -0.323. The minimum Gasteiger partial charge on any atom is -0.349 e. The van der Waals surface area contributed by atoms with Gasteiger partial charge in [0.05, 0.1) is 0 Å². The van der Waals surface area contributed by atoms with Crippen LogP contribution >= 0.6 is 0 Å². The molecule has 5 nitrogen and oxygen atoms in total. The number of nitrogens with one attached hydrogen (secondary N) is 2. The predicted octanol–water partition coefficient (Wildman–Crippen LogP) is 1.14. The summed E-state index contributed by atoms with van der Waals surface area (Å²) in [6.45, 7) is 0. The molecule has 2 aromatic rings. The molecule has 0 unspecified atom stereocenters. The van der Waals surface area contributed by atoms with E-state index in [0.717, 1.165) is 30.2 Å². The maximum Gasteiger partial charge on any atom is 0.261 e. The third kappa shape index (κ3) is 2.44. The van der Waals surface area contributed by atoms with Crippen molar-refractivity contribution in [3.63, 3.8) is 0 Å². The Morgan fingerprint density at radius 3 is 2.85 bits per heavy atom. The Hall–Kier alpha value is -2.14. The molecule has 1 aliphatic carbocycles. The monoisotopic (exact) mass is 271 g/mol. The molecule has 4 N–H and O–H groups in total. The van der Waals surface area contributed by atoms with E-state index in [1.807, 2.05) is 24.3 Å². The van der Waals surface area contributed by atoms with Gasteiger partial charge in [0.15, 0.2) is 0 Å². The highest BCUT2D eigenvalue weighted by atomic mass is 16.2. The fourth-order valence-electron chi connectivity index (χ4n) is 2.73. The second-order valence-corrected chi connectivity index (χ2v) is 5.34. The summed E-state index contributed by atoms with van der Waals surface area (Å²) in [6, 6.07) is 9.26. The number of amides is 1. The average molecular weight is 271 g/mol. The summed E-state index contributed by atoms with van der Waals surface area (Å²) in [5, 5.41) is 3.74. The second kappa shape index (κ2) is 5.09. The summed E-state index contributed by atoms with van der Waals surface area (Å²) in [6.07, 6.45) is 2.56. The third-order valence-electron chi connectivity index (χ3n) is 3.81. The summed E-state index contributed by atoms with van der Waals surface area (Å²) in [7, 11) is 0. The van der Waals surface area contributed by atoms with E-state index in [1.165, 1.54) is 0 Å². The van der Waals surface area contributed by atoms with Crippen molar-refractivity contribution in [1.29, 1.82) is 0 Å². The number of rotatable bonds is 2. The zero-order valence-electron chi connectivity index (χ0n) is 11.1. The van der Waals surface area contributed by atoms with Crippen molar-refractivity contribution in [1.82, 2.24) is 10.3 Å². The molecule has 1 aliphatic rings. The van der Waals surface area contributed by atoms with Gasteiger partial charge in [-0.2, -0.15) is 0 Å². The lowest BCUT2D eigenvalue weighted by molar-refractivity contribution is 0.0936. The van der Waals surface area contributed by atoms with Crippen LogP contribution in [0.25, 0.3) is 10.9 Å². The van der Waals surface area contributed by atoms with Gasteiger partial charge in [0.2, 0.25) is 0 Å². The number of para-hydroxylation sites is 1. The van der Waals surface area contributed by atoms with Crippen LogP contribution < -0.4 is 16.6 Å². The van der Waals surface area contributed by atoms with Crippen LogP contribution in [-0.4, -0.2) is 23.0 Å². The summed E-state index contributed by atoms with van der Waals surface area (Å²) >= 11 is 0. The Kier molecular flexibility index (Phi) is 3.28. The molecule has 1 heterocycles. The van der Waals surface area contributed by atoms with Crippen LogP contribution in [0.3, 0.4) is 0 Å². The number of carbonyl (C=O) groups is 1. The van der Waals surface area contributed by atoms with Crippen LogP contribution in [0.15, 0.2) is 35.1 Å². The zero-order chi connectivity index (χ0) is 14.1. The van der Waals surface area contributed by atoms with Crippen LogP contribution in [0.4, 0.5) is 0 Å². The molecule has 1 fully saturated rings. The zero-order valence-corrected chi connectivity index (χ0v) is 11.1. The number of aromatic amines is 1. The Morgan fingerprint density at radius 1 is 1.30 bits per heavy atom. The third-order valence-corrected chi connectivity index (χ3v) is 3.81. The molecule has 0 saturated heterocycles. The van der Waals surface area contributed by atoms with Gasteiger partial charge < -0.3 is 16.0 Å². The molecule has 3 rings (SSSR count). The fraction of sp³-hybridized carbons (Fsp3) is 0.333. The molecule has 20 heavy (non-hydrogen) atoms. The number of H-pyrrole nitrogens is 1. The van der Waals surface area contributed by atoms with E-state index in [9.17, 15) is 9.59 Å². The number of aromatic nitrogens is 1. The first kappa shape index (κ1) is 12.9. The van der Waals surface area contributed by atoms with E-state index in [-0.39, 0.29) is 29.1 Å². The number of carbonyl (C=O) groups excluding carboxylic acids is 1. The largest absolute Gasteiger partial charge is 0.349 e. The van der Waals surface area contributed by atoms with Crippen molar-refractivity contribution in [2.75, 3.05) is 0 Å². The molecule has 1 aromatic carbocycles. The lowest BCUT2D eigenvalue weighted by Crippen LogP contribution is -2.36. The number of nitrogens with two attached hydrogens (primary N) is 1. The minimum atomic E-state index is -0.358. The number of pyridine rings is 1. The van der Waals surface area contributed by atoms with Crippen LogP contribution in [-0.2, 0) is 0 Å². The standard InChI is InChI=1S/C15H17N3O2/c16-10-5-6-11(8-10)17-14(19)12-7-9-3-1-2-4-13(9)18-15(12)20/h1-4,7,10-11H,5-6,8,16H2,(H,17,19)(H,18,20)/t10-,11-/m1/s1. The molecule has 1 aromatic heterocycles. The lowest BCUT2D eigenvalue weighted by atomic mass is 10.1. The molecular formula is C15H17N3O2. The molecule has 0 spiro atoms. The smallest absolute Gasteiger partial charge is 0.261 e. The Morgan fingerprint density at radius 2 is 2.10 bits per heavy atom. The summed E-state index contributed by atoms with van der Waals surface area (Å²) in [5.41, 5.74) is 6.36. The van der Waals surface area contributed by atoms with Gasteiger partial charge in [-0.25, -0.2) is 0 Å². The van der Waals surface area contributed by atoms with Crippen molar-refractivity contribution in [3.05, 3.63) is 46.2 Å². The molecule has 5 heteroatoms. The first-order valence-electron chi connectivity index (χ1n) is 6.82. The van der Waals surface area contributed by atoms with Gasteiger partial charge in [-0.3, -0.25) is 9.59 Å². The molecule has 0 aliphatic heterocycles. The fourth-order valence-corrected chi connectivity index (χ4v) is 2.73. The van der Waals surface area contributed by atoms with E-state index >= 15 is 0 Å². The quantitative estimate of drug-likeness (QED) is 0.765. The molecule has 1 saturated carbocycles. The van der Waals surface area contributed by atoms with Gasteiger partial charge in [-0.15, -0.1) is 0 Å². The Labute approximate surface area is 116 Å². The highest BCUT2D eigenvalue weighted by Gasteiger charge is 2.24. The number of benzene rings is 1. The Bertz CT molecular complexity index is 708. The van der Waals surface area contributed by atoms with E-state index in [4.69, 9.17) is 5.73 Å². The molecular weight excluding hydrogens is 254 g/mol. The number of fused-ring (bicyclic) bond motifs is 1. The first-order chi connectivity index (χ1) is 9.63. The van der Waals surface area contributed by atoms with Crippen LogP contribution in [0.2, 0.25) is 0 Å². The molecule has 1 amide bonds. The van der Waals surface area contributed by atoms with Gasteiger partial charge in [-0.05, 0) is 36.8 Å². The molecule has 2 atom stereocenters. The first-order valence-corrected chi connectivity index (χ1v) is 6.82. The SMILES string of the molecule is N[C@@H]1CC[C@@H](NC(=O)c2cc3ccccc3[nH]c2=O)C1. The molecule has 104 valence electrons. The topological polar surface area (TPSA) is 88.0 Å².